The lowest BCUT2D eigenvalue weighted by Gasteiger charge is -2.07. The zero-order chi connectivity index (χ0) is 13.0. The standard InChI is InChI=1S/C14H7FN2O/c15-13-2-1-3-14(12(13)9-17)18-11-6-4-10(8-16)5-7-11/h1-7H. The summed E-state index contributed by atoms with van der Waals surface area (Å²) in [5, 5.41) is 17.5. The van der Waals surface area contributed by atoms with Gasteiger partial charge in [-0.15, -0.1) is 0 Å². The quantitative estimate of drug-likeness (QED) is 0.805. The van der Waals surface area contributed by atoms with Crippen LogP contribution in [0.3, 0.4) is 0 Å². The number of nitrogens with zero attached hydrogens (tertiary/aromatic N) is 2. The topological polar surface area (TPSA) is 56.8 Å². The third-order valence-electron chi connectivity index (χ3n) is 2.30. The van der Waals surface area contributed by atoms with Crippen molar-refractivity contribution in [2.24, 2.45) is 0 Å². The highest BCUT2D eigenvalue weighted by atomic mass is 19.1. The maximum Gasteiger partial charge on any atom is 0.148 e. The predicted molar refractivity (Wildman–Crippen MR) is 62.3 cm³/mol. The Labute approximate surface area is 103 Å². The van der Waals surface area contributed by atoms with Crippen LogP contribution in [0.1, 0.15) is 11.1 Å². The van der Waals surface area contributed by atoms with Crippen LogP contribution >= 0.6 is 0 Å². The number of rotatable bonds is 2. The molecule has 0 unspecified atom stereocenters. The molecule has 2 rings (SSSR count). The van der Waals surface area contributed by atoms with Crippen LogP contribution in [0.5, 0.6) is 11.5 Å². The highest BCUT2D eigenvalue weighted by Crippen LogP contribution is 2.26. The van der Waals surface area contributed by atoms with E-state index in [0.717, 1.165) is 0 Å². The summed E-state index contributed by atoms with van der Waals surface area (Å²) in [6.45, 7) is 0. The summed E-state index contributed by atoms with van der Waals surface area (Å²) < 4.78 is 18.7. The third-order valence-corrected chi connectivity index (χ3v) is 2.30. The number of halogens is 1. The van der Waals surface area contributed by atoms with Crippen LogP contribution in [0.2, 0.25) is 0 Å². The van der Waals surface area contributed by atoms with Gasteiger partial charge in [0, 0.05) is 0 Å². The summed E-state index contributed by atoms with van der Waals surface area (Å²) in [5.41, 5.74) is 0.365. The summed E-state index contributed by atoms with van der Waals surface area (Å²) in [6, 6.07) is 14.3. The molecule has 2 aromatic carbocycles. The fourth-order valence-electron chi connectivity index (χ4n) is 1.42. The van der Waals surface area contributed by atoms with Crippen LogP contribution in [0.15, 0.2) is 42.5 Å². The minimum Gasteiger partial charge on any atom is -0.456 e. The molecule has 3 nitrogen and oxygen atoms in total. The molecule has 0 radical (unpaired) electrons. The predicted octanol–water partition coefficient (Wildman–Crippen LogP) is 3.36. The van der Waals surface area contributed by atoms with Gasteiger partial charge in [0.05, 0.1) is 11.6 Å². The largest absolute Gasteiger partial charge is 0.456 e. The Morgan fingerprint density at radius 3 is 2.28 bits per heavy atom. The summed E-state index contributed by atoms with van der Waals surface area (Å²) >= 11 is 0. The van der Waals surface area contributed by atoms with Gasteiger partial charge in [0.1, 0.15) is 28.9 Å². The zero-order valence-electron chi connectivity index (χ0n) is 9.22. The van der Waals surface area contributed by atoms with E-state index < -0.39 is 5.82 Å². The highest BCUT2D eigenvalue weighted by molar-refractivity contribution is 5.46. The van der Waals surface area contributed by atoms with E-state index in [1.807, 2.05) is 6.07 Å². The van der Waals surface area contributed by atoms with E-state index in [2.05, 4.69) is 0 Å². The molecule has 0 aromatic heterocycles. The molecule has 86 valence electrons. The van der Waals surface area contributed by atoms with Gasteiger partial charge in [0.25, 0.3) is 0 Å². The molecule has 0 saturated carbocycles. The molecule has 0 aliphatic rings. The van der Waals surface area contributed by atoms with E-state index >= 15 is 0 Å². The second-order valence-electron chi connectivity index (χ2n) is 3.46. The number of ether oxygens (including phenoxy) is 1. The van der Waals surface area contributed by atoms with E-state index in [1.165, 1.54) is 18.2 Å². The Kier molecular flexibility index (Phi) is 3.22. The average Bonchev–Trinajstić information content (AvgIpc) is 2.40. The van der Waals surface area contributed by atoms with Crippen molar-refractivity contribution in [1.29, 1.82) is 10.5 Å². The van der Waals surface area contributed by atoms with Crippen molar-refractivity contribution in [2.45, 2.75) is 0 Å². The van der Waals surface area contributed by atoms with Gasteiger partial charge in [-0.25, -0.2) is 4.39 Å². The Hall–Kier alpha value is -2.85. The molecule has 0 atom stereocenters. The van der Waals surface area contributed by atoms with Crippen molar-refractivity contribution in [3.8, 4) is 23.6 Å². The van der Waals surface area contributed by atoms with Crippen LogP contribution in [-0.2, 0) is 0 Å². The lowest BCUT2D eigenvalue weighted by atomic mass is 10.2. The summed E-state index contributed by atoms with van der Waals surface area (Å²) in [4.78, 5) is 0. The Bertz CT molecular complexity index is 651. The molecule has 0 heterocycles. The van der Waals surface area contributed by atoms with Gasteiger partial charge in [-0.2, -0.15) is 10.5 Å². The number of nitriles is 2. The second kappa shape index (κ2) is 4.99. The van der Waals surface area contributed by atoms with E-state index in [1.54, 1.807) is 30.3 Å². The minimum atomic E-state index is -0.622. The molecule has 0 spiro atoms. The minimum absolute atomic E-state index is 0.137. The molecule has 0 N–H and O–H groups in total. The van der Waals surface area contributed by atoms with Crippen molar-refractivity contribution in [2.75, 3.05) is 0 Å². The number of hydrogen-bond donors (Lipinski definition) is 0. The SMILES string of the molecule is N#Cc1ccc(Oc2cccc(F)c2C#N)cc1. The van der Waals surface area contributed by atoms with Crippen molar-refractivity contribution in [3.05, 3.63) is 59.4 Å². The highest BCUT2D eigenvalue weighted by Gasteiger charge is 2.09. The van der Waals surface area contributed by atoms with E-state index in [4.69, 9.17) is 15.3 Å². The maximum absolute atomic E-state index is 13.3. The molecule has 0 fully saturated rings. The molecule has 18 heavy (non-hydrogen) atoms. The van der Waals surface area contributed by atoms with Crippen LogP contribution in [-0.4, -0.2) is 0 Å². The van der Waals surface area contributed by atoms with Crippen LogP contribution in [0.25, 0.3) is 0 Å². The number of benzene rings is 2. The smallest absolute Gasteiger partial charge is 0.148 e. The first kappa shape index (κ1) is 11.6. The normalized spacial score (nSPS) is 9.28. The van der Waals surface area contributed by atoms with Gasteiger partial charge in [0.15, 0.2) is 0 Å². The van der Waals surface area contributed by atoms with Gasteiger partial charge in [-0.3, -0.25) is 0 Å². The molecule has 0 saturated heterocycles. The lowest BCUT2D eigenvalue weighted by molar-refractivity contribution is 0.474. The zero-order valence-corrected chi connectivity index (χ0v) is 9.22. The second-order valence-corrected chi connectivity index (χ2v) is 3.46. The molecule has 0 amide bonds. The molecule has 2 aromatic rings. The molecular weight excluding hydrogens is 231 g/mol. The first-order chi connectivity index (χ1) is 8.74. The van der Waals surface area contributed by atoms with Crippen molar-refractivity contribution in [1.82, 2.24) is 0 Å². The third kappa shape index (κ3) is 2.28. The fourth-order valence-corrected chi connectivity index (χ4v) is 1.42. The van der Waals surface area contributed by atoms with Gasteiger partial charge in [-0.05, 0) is 36.4 Å². The number of hydrogen-bond acceptors (Lipinski definition) is 3. The first-order valence-corrected chi connectivity index (χ1v) is 5.11. The molecule has 0 aliphatic carbocycles. The van der Waals surface area contributed by atoms with E-state index in [-0.39, 0.29) is 11.3 Å². The van der Waals surface area contributed by atoms with Crippen molar-refractivity contribution in [3.63, 3.8) is 0 Å². The average molecular weight is 238 g/mol. The van der Waals surface area contributed by atoms with Gasteiger partial charge < -0.3 is 4.74 Å². The van der Waals surface area contributed by atoms with Crippen LogP contribution in [0.4, 0.5) is 4.39 Å². The first-order valence-electron chi connectivity index (χ1n) is 5.11. The van der Waals surface area contributed by atoms with Gasteiger partial charge >= 0.3 is 0 Å². The molecular formula is C14H7FN2O. The van der Waals surface area contributed by atoms with Crippen LogP contribution < -0.4 is 4.74 Å². The lowest BCUT2D eigenvalue weighted by Crippen LogP contribution is -1.91. The van der Waals surface area contributed by atoms with Gasteiger partial charge in [0.2, 0.25) is 0 Å². The molecule has 0 bridgehead atoms. The summed E-state index contributed by atoms with van der Waals surface area (Å²) in [5.74, 6) is -0.0260. The van der Waals surface area contributed by atoms with E-state index in [9.17, 15) is 4.39 Å². The Morgan fingerprint density at radius 1 is 0.944 bits per heavy atom. The van der Waals surface area contributed by atoms with Crippen molar-refractivity contribution < 1.29 is 9.13 Å². The summed E-state index contributed by atoms with van der Waals surface area (Å²) in [7, 11) is 0. The van der Waals surface area contributed by atoms with E-state index in [0.29, 0.717) is 11.3 Å². The van der Waals surface area contributed by atoms with Crippen LogP contribution in [0, 0.1) is 28.5 Å². The monoisotopic (exact) mass is 238 g/mol. The fraction of sp³-hybridized carbons (Fsp3) is 0. The Balaban J connectivity index is 2.32. The van der Waals surface area contributed by atoms with Crippen molar-refractivity contribution >= 4 is 0 Å². The molecule has 0 aliphatic heterocycles. The maximum atomic E-state index is 13.3. The van der Waals surface area contributed by atoms with Gasteiger partial charge in [-0.1, -0.05) is 6.07 Å². The molecule has 4 heteroatoms. The Morgan fingerprint density at radius 2 is 1.67 bits per heavy atom. The summed E-state index contributed by atoms with van der Waals surface area (Å²) in [6.07, 6.45) is 0.